The number of pyridine rings is 1. The van der Waals surface area contributed by atoms with E-state index in [1.807, 2.05) is 35.4 Å². The molecule has 0 unspecified atom stereocenters. The van der Waals surface area contributed by atoms with Crippen molar-refractivity contribution in [2.24, 2.45) is 0 Å². The molecule has 2 aromatic heterocycles. The van der Waals surface area contributed by atoms with Crippen LogP contribution in [0.15, 0.2) is 35.2 Å². The third kappa shape index (κ3) is 1.57. The van der Waals surface area contributed by atoms with Gasteiger partial charge in [0.05, 0.1) is 16.2 Å². The first-order valence-corrected chi connectivity index (χ1v) is 6.20. The number of halogens is 2. The van der Waals surface area contributed by atoms with Crippen LogP contribution in [0.25, 0.3) is 0 Å². The first-order chi connectivity index (χ1) is 7.71. The predicted molar refractivity (Wildman–Crippen MR) is 65.5 cm³/mol. The van der Waals surface area contributed by atoms with Gasteiger partial charge in [-0.1, -0.05) is 17.7 Å². The summed E-state index contributed by atoms with van der Waals surface area (Å²) in [5.74, 6) is 0. The molecule has 3 nitrogen and oxygen atoms in total. The summed E-state index contributed by atoms with van der Waals surface area (Å²) >= 11 is 9.21. The van der Waals surface area contributed by atoms with Crippen molar-refractivity contribution >= 4 is 27.5 Å². The molecule has 0 amide bonds. The minimum absolute atomic E-state index is 0.00358. The third-order valence-electron chi connectivity index (χ3n) is 2.98. The van der Waals surface area contributed by atoms with Crippen molar-refractivity contribution in [1.29, 1.82) is 0 Å². The highest BCUT2D eigenvalue weighted by atomic mass is 79.9. The molecule has 3 rings (SSSR count). The Hall–Kier alpha value is -0.870. The van der Waals surface area contributed by atoms with Gasteiger partial charge in [-0.25, -0.2) is 4.98 Å². The number of nitrogens with zero attached hydrogens (tertiary/aromatic N) is 3. The topological polar surface area (TPSA) is 30.7 Å². The lowest BCUT2D eigenvalue weighted by Crippen LogP contribution is -2.19. The van der Waals surface area contributed by atoms with Crippen molar-refractivity contribution in [3.05, 3.63) is 45.9 Å². The molecule has 0 aliphatic heterocycles. The minimum Gasteiger partial charge on any atom is -0.261 e. The van der Waals surface area contributed by atoms with Crippen molar-refractivity contribution in [3.63, 3.8) is 0 Å². The van der Waals surface area contributed by atoms with Crippen LogP contribution < -0.4 is 0 Å². The lowest BCUT2D eigenvalue weighted by Gasteiger charge is -2.15. The van der Waals surface area contributed by atoms with E-state index in [1.54, 1.807) is 0 Å². The first-order valence-electron chi connectivity index (χ1n) is 5.03. The summed E-state index contributed by atoms with van der Waals surface area (Å²) in [6, 6.07) is 3.85. The molecule has 0 aromatic carbocycles. The maximum atomic E-state index is 5.79. The summed E-state index contributed by atoms with van der Waals surface area (Å²) in [7, 11) is 0. The molecule has 2 heterocycles. The van der Waals surface area contributed by atoms with Crippen LogP contribution in [0.2, 0.25) is 5.15 Å². The fourth-order valence-electron chi connectivity index (χ4n) is 1.95. The quantitative estimate of drug-likeness (QED) is 0.797. The van der Waals surface area contributed by atoms with Gasteiger partial charge in [-0.05, 0) is 40.4 Å². The molecule has 0 atom stereocenters. The van der Waals surface area contributed by atoms with Gasteiger partial charge in [-0.2, -0.15) is 5.10 Å². The Bertz CT molecular complexity index is 516. The summed E-state index contributed by atoms with van der Waals surface area (Å²) < 4.78 is 3.00. The summed E-state index contributed by atoms with van der Waals surface area (Å²) in [4.78, 5) is 4.13. The molecule has 0 radical (unpaired) electrons. The largest absolute Gasteiger partial charge is 0.261 e. The van der Waals surface area contributed by atoms with E-state index < -0.39 is 0 Å². The zero-order valence-electron chi connectivity index (χ0n) is 8.40. The number of rotatable bonds is 2. The molecular weight excluding hydrogens is 289 g/mol. The molecular formula is C11H9BrClN3. The van der Waals surface area contributed by atoms with Gasteiger partial charge in [-0.3, -0.25) is 4.68 Å². The lowest BCUT2D eigenvalue weighted by atomic mass is 10.1. The van der Waals surface area contributed by atoms with Gasteiger partial charge in [0.25, 0.3) is 0 Å². The Kier molecular flexibility index (Phi) is 2.30. The van der Waals surface area contributed by atoms with Crippen LogP contribution in [-0.2, 0) is 5.54 Å². The second-order valence-electron chi connectivity index (χ2n) is 4.00. The zero-order chi connectivity index (χ0) is 11.2. The summed E-state index contributed by atoms with van der Waals surface area (Å²) in [5, 5.41) is 4.89. The Labute approximate surface area is 107 Å². The maximum Gasteiger partial charge on any atom is 0.129 e. The van der Waals surface area contributed by atoms with Gasteiger partial charge < -0.3 is 0 Å². The molecule has 5 heteroatoms. The first kappa shape index (κ1) is 10.3. The van der Waals surface area contributed by atoms with Crippen molar-refractivity contribution in [2.75, 3.05) is 0 Å². The molecule has 0 bridgehead atoms. The van der Waals surface area contributed by atoms with E-state index in [4.69, 9.17) is 11.6 Å². The number of hydrogen-bond donors (Lipinski definition) is 0. The summed E-state index contributed by atoms with van der Waals surface area (Å²) in [6.45, 7) is 0. The molecule has 1 aliphatic rings. The fraction of sp³-hybridized carbons (Fsp3) is 0.273. The van der Waals surface area contributed by atoms with E-state index in [9.17, 15) is 0 Å². The highest BCUT2D eigenvalue weighted by Crippen LogP contribution is 2.48. The maximum absolute atomic E-state index is 5.79. The molecule has 1 fully saturated rings. The monoisotopic (exact) mass is 297 g/mol. The molecule has 0 saturated heterocycles. The van der Waals surface area contributed by atoms with Crippen molar-refractivity contribution < 1.29 is 0 Å². The van der Waals surface area contributed by atoms with Crippen molar-refractivity contribution in [2.45, 2.75) is 18.4 Å². The summed E-state index contributed by atoms with van der Waals surface area (Å²) in [6.07, 6.45) is 7.85. The fourth-order valence-corrected chi connectivity index (χ4v) is 2.35. The highest BCUT2D eigenvalue weighted by Gasteiger charge is 2.47. The molecule has 1 aliphatic carbocycles. The average molecular weight is 299 g/mol. The highest BCUT2D eigenvalue weighted by molar-refractivity contribution is 9.10. The normalized spacial score (nSPS) is 17.4. The second kappa shape index (κ2) is 3.57. The SMILES string of the molecule is Clc1ccc(C2(n3cc(Br)cn3)CC2)cn1. The minimum atomic E-state index is 0.00358. The van der Waals surface area contributed by atoms with Gasteiger partial charge in [0.2, 0.25) is 0 Å². The van der Waals surface area contributed by atoms with Gasteiger partial charge in [-0.15, -0.1) is 0 Å². The van der Waals surface area contributed by atoms with Gasteiger partial charge in [0.1, 0.15) is 5.15 Å². The van der Waals surface area contributed by atoms with Crippen molar-refractivity contribution in [1.82, 2.24) is 14.8 Å². The molecule has 16 heavy (non-hydrogen) atoms. The Morgan fingerprint density at radius 2 is 2.12 bits per heavy atom. The lowest BCUT2D eigenvalue weighted by molar-refractivity contribution is 0.506. The van der Waals surface area contributed by atoms with E-state index >= 15 is 0 Å². The van der Waals surface area contributed by atoms with Crippen LogP contribution in [-0.4, -0.2) is 14.8 Å². The van der Waals surface area contributed by atoms with Gasteiger partial charge in [0.15, 0.2) is 0 Å². The standard InChI is InChI=1S/C11H9BrClN3/c12-9-6-15-16(7-9)11(3-4-11)8-1-2-10(13)14-5-8/h1-2,5-7H,3-4H2. The Balaban J connectivity index is 2.03. The van der Waals surface area contributed by atoms with E-state index in [0.717, 1.165) is 17.3 Å². The van der Waals surface area contributed by atoms with E-state index in [2.05, 4.69) is 26.0 Å². The van der Waals surface area contributed by atoms with Gasteiger partial charge in [0, 0.05) is 12.4 Å². The second-order valence-corrected chi connectivity index (χ2v) is 5.31. The Morgan fingerprint density at radius 3 is 2.62 bits per heavy atom. The molecule has 0 N–H and O–H groups in total. The predicted octanol–water partition coefficient (Wildman–Crippen LogP) is 3.23. The van der Waals surface area contributed by atoms with Crippen LogP contribution >= 0.6 is 27.5 Å². The smallest absolute Gasteiger partial charge is 0.129 e. The average Bonchev–Trinajstić information content (AvgIpc) is 2.97. The van der Waals surface area contributed by atoms with Crippen LogP contribution in [0.3, 0.4) is 0 Å². The molecule has 82 valence electrons. The number of hydrogen-bond acceptors (Lipinski definition) is 2. The zero-order valence-corrected chi connectivity index (χ0v) is 10.7. The van der Waals surface area contributed by atoms with Crippen LogP contribution in [0.4, 0.5) is 0 Å². The number of aromatic nitrogens is 3. The summed E-state index contributed by atoms with van der Waals surface area (Å²) in [5.41, 5.74) is 1.18. The van der Waals surface area contributed by atoms with E-state index in [1.165, 1.54) is 5.56 Å². The van der Waals surface area contributed by atoms with Crippen LogP contribution in [0, 0.1) is 0 Å². The molecule has 0 spiro atoms. The van der Waals surface area contributed by atoms with Crippen LogP contribution in [0.1, 0.15) is 18.4 Å². The third-order valence-corrected chi connectivity index (χ3v) is 3.61. The van der Waals surface area contributed by atoms with E-state index in [-0.39, 0.29) is 5.54 Å². The van der Waals surface area contributed by atoms with E-state index in [0.29, 0.717) is 5.15 Å². The molecule has 2 aromatic rings. The van der Waals surface area contributed by atoms with Gasteiger partial charge >= 0.3 is 0 Å². The van der Waals surface area contributed by atoms with Crippen molar-refractivity contribution in [3.8, 4) is 0 Å². The molecule has 1 saturated carbocycles. The van der Waals surface area contributed by atoms with Crippen LogP contribution in [0.5, 0.6) is 0 Å². The Morgan fingerprint density at radius 1 is 1.31 bits per heavy atom.